The first-order valence-corrected chi connectivity index (χ1v) is 5.01. The van der Waals surface area contributed by atoms with Crippen molar-refractivity contribution in [2.75, 3.05) is 7.11 Å². The number of benzene rings is 1. The number of aryl methyl sites for hydroxylation is 1. The van der Waals surface area contributed by atoms with Gasteiger partial charge in [-0.05, 0) is 18.6 Å². The van der Waals surface area contributed by atoms with Crippen molar-refractivity contribution in [3.8, 4) is 5.75 Å². The third kappa shape index (κ3) is 2.69. The first-order chi connectivity index (χ1) is 5.95. The summed E-state index contributed by atoms with van der Waals surface area (Å²) in [5.74, 6) is 0.440. The van der Waals surface area contributed by atoms with E-state index in [1.807, 2.05) is 0 Å². The molecule has 0 aromatic heterocycles. The zero-order valence-electron chi connectivity index (χ0n) is 7.81. The SMILES string of the molecule is COc1cc(S(=O)(=O)O)ccc1C.O. The second-order valence-corrected chi connectivity index (χ2v) is 4.03. The molecule has 0 unspecified atom stereocenters. The molecule has 5 nitrogen and oxygen atoms in total. The molecule has 0 aliphatic carbocycles. The minimum atomic E-state index is -4.13. The Morgan fingerprint density at radius 2 is 1.93 bits per heavy atom. The first kappa shape index (κ1) is 12.9. The van der Waals surface area contributed by atoms with Gasteiger partial charge in [-0.25, -0.2) is 0 Å². The van der Waals surface area contributed by atoms with E-state index >= 15 is 0 Å². The Balaban J connectivity index is 0.00000169. The molecule has 1 aromatic rings. The number of hydrogen-bond acceptors (Lipinski definition) is 3. The highest BCUT2D eigenvalue weighted by molar-refractivity contribution is 7.85. The maximum atomic E-state index is 10.7. The van der Waals surface area contributed by atoms with Crippen LogP contribution in [0.2, 0.25) is 0 Å². The first-order valence-electron chi connectivity index (χ1n) is 3.57. The van der Waals surface area contributed by atoms with Crippen LogP contribution in [-0.4, -0.2) is 25.6 Å². The van der Waals surface area contributed by atoms with Crippen LogP contribution in [0.25, 0.3) is 0 Å². The molecule has 14 heavy (non-hydrogen) atoms. The van der Waals surface area contributed by atoms with E-state index in [0.29, 0.717) is 5.75 Å². The zero-order chi connectivity index (χ0) is 10.1. The number of rotatable bonds is 2. The third-order valence-corrected chi connectivity index (χ3v) is 2.53. The summed E-state index contributed by atoms with van der Waals surface area (Å²) in [6.45, 7) is 1.78. The van der Waals surface area contributed by atoms with Crippen LogP contribution in [0.1, 0.15) is 5.56 Å². The molecule has 0 heterocycles. The minimum Gasteiger partial charge on any atom is -0.496 e. The van der Waals surface area contributed by atoms with Crippen LogP contribution in [-0.2, 0) is 10.1 Å². The fourth-order valence-electron chi connectivity index (χ4n) is 0.961. The monoisotopic (exact) mass is 220 g/mol. The van der Waals surface area contributed by atoms with Crippen LogP contribution in [0.15, 0.2) is 23.1 Å². The third-order valence-electron chi connectivity index (χ3n) is 1.68. The summed E-state index contributed by atoms with van der Waals surface area (Å²) >= 11 is 0. The quantitative estimate of drug-likeness (QED) is 0.731. The number of hydrogen-bond donors (Lipinski definition) is 1. The van der Waals surface area contributed by atoms with Gasteiger partial charge in [0, 0.05) is 6.07 Å². The van der Waals surface area contributed by atoms with Crippen LogP contribution < -0.4 is 4.74 Å². The van der Waals surface area contributed by atoms with Gasteiger partial charge >= 0.3 is 0 Å². The molecule has 1 aromatic carbocycles. The van der Waals surface area contributed by atoms with Crippen molar-refractivity contribution in [2.45, 2.75) is 11.8 Å². The van der Waals surface area contributed by atoms with Gasteiger partial charge < -0.3 is 10.2 Å². The van der Waals surface area contributed by atoms with Crippen molar-refractivity contribution in [1.29, 1.82) is 0 Å². The van der Waals surface area contributed by atoms with Crippen molar-refractivity contribution in [3.05, 3.63) is 23.8 Å². The van der Waals surface area contributed by atoms with Gasteiger partial charge in [-0.15, -0.1) is 0 Å². The molecule has 0 atom stereocenters. The Labute approximate surface area is 82.4 Å². The molecule has 6 heteroatoms. The lowest BCUT2D eigenvalue weighted by atomic mass is 10.2. The topological polar surface area (TPSA) is 95.1 Å². The average Bonchev–Trinajstić information content (AvgIpc) is 2.03. The van der Waals surface area contributed by atoms with Gasteiger partial charge in [-0.3, -0.25) is 4.55 Å². The van der Waals surface area contributed by atoms with E-state index in [2.05, 4.69) is 0 Å². The Kier molecular flexibility index (Phi) is 4.06. The van der Waals surface area contributed by atoms with E-state index in [-0.39, 0.29) is 10.4 Å². The molecule has 0 saturated heterocycles. The van der Waals surface area contributed by atoms with E-state index in [4.69, 9.17) is 9.29 Å². The van der Waals surface area contributed by atoms with Gasteiger partial charge in [-0.1, -0.05) is 6.07 Å². The van der Waals surface area contributed by atoms with Crippen molar-refractivity contribution in [2.24, 2.45) is 0 Å². The van der Waals surface area contributed by atoms with Gasteiger partial charge in [0.25, 0.3) is 10.1 Å². The summed E-state index contributed by atoms with van der Waals surface area (Å²) in [7, 11) is -2.69. The normalized spacial score (nSPS) is 10.5. The van der Waals surface area contributed by atoms with E-state index in [1.165, 1.54) is 19.2 Å². The lowest BCUT2D eigenvalue weighted by Gasteiger charge is -2.05. The fraction of sp³-hybridized carbons (Fsp3) is 0.250. The molecule has 1 rings (SSSR count). The standard InChI is InChI=1S/C8H10O4S.H2O/c1-6-3-4-7(13(9,10)11)5-8(6)12-2;/h3-5H,1-2H3,(H,9,10,11);1H2. The summed E-state index contributed by atoms with van der Waals surface area (Å²) in [5.41, 5.74) is 0.815. The highest BCUT2D eigenvalue weighted by atomic mass is 32.2. The number of ether oxygens (including phenoxy) is 1. The van der Waals surface area contributed by atoms with E-state index in [1.54, 1.807) is 13.0 Å². The second-order valence-electron chi connectivity index (χ2n) is 2.61. The fourth-order valence-corrected chi connectivity index (χ4v) is 1.46. The van der Waals surface area contributed by atoms with E-state index in [0.717, 1.165) is 5.56 Å². The maximum absolute atomic E-state index is 10.7. The highest BCUT2D eigenvalue weighted by Crippen LogP contribution is 2.21. The predicted molar refractivity (Wildman–Crippen MR) is 51.2 cm³/mol. The smallest absolute Gasteiger partial charge is 0.294 e. The number of methoxy groups -OCH3 is 1. The van der Waals surface area contributed by atoms with Gasteiger partial charge in [-0.2, -0.15) is 8.42 Å². The predicted octanol–water partition coefficient (Wildman–Crippen LogP) is 0.426. The Hall–Kier alpha value is -1.11. The molecule has 0 amide bonds. The second kappa shape index (κ2) is 4.41. The molecule has 0 aliphatic rings. The average molecular weight is 220 g/mol. The molecule has 0 spiro atoms. The van der Waals surface area contributed by atoms with Gasteiger partial charge in [0.1, 0.15) is 5.75 Å². The molecular weight excluding hydrogens is 208 g/mol. The molecule has 0 fully saturated rings. The molecule has 0 radical (unpaired) electrons. The zero-order valence-corrected chi connectivity index (χ0v) is 8.63. The molecule has 80 valence electrons. The van der Waals surface area contributed by atoms with Crippen molar-refractivity contribution < 1.29 is 23.2 Å². The summed E-state index contributed by atoms with van der Waals surface area (Å²) in [6.07, 6.45) is 0. The summed E-state index contributed by atoms with van der Waals surface area (Å²) in [5, 5.41) is 0. The Morgan fingerprint density at radius 1 is 1.36 bits per heavy atom. The van der Waals surface area contributed by atoms with E-state index in [9.17, 15) is 8.42 Å². The van der Waals surface area contributed by atoms with Crippen molar-refractivity contribution in [3.63, 3.8) is 0 Å². The van der Waals surface area contributed by atoms with Crippen LogP contribution >= 0.6 is 0 Å². The molecule has 0 bridgehead atoms. The van der Waals surface area contributed by atoms with Gasteiger partial charge in [0.05, 0.1) is 12.0 Å². The highest BCUT2D eigenvalue weighted by Gasteiger charge is 2.11. The Morgan fingerprint density at radius 3 is 2.36 bits per heavy atom. The van der Waals surface area contributed by atoms with Crippen LogP contribution in [0, 0.1) is 6.92 Å². The molecular formula is C8H12O5S. The molecule has 0 aliphatic heterocycles. The minimum absolute atomic E-state index is 0. The van der Waals surface area contributed by atoms with Gasteiger partial charge in [0.2, 0.25) is 0 Å². The van der Waals surface area contributed by atoms with Crippen LogP contribution in [0.3, 0.4) is 0 Å². The molecule has 0 saturated carbocycles. The Bertz CT molecular complexity index is 410. The van der Waals surface area contributed by atoms with Gasteiger partial charge in [0.15, 0.2) is 0 Å². The summed E-state index contributed by atoms with van der Waals surface area (Å²) in [6, 6.07) is 4.18. The summed E-state index contributed by atoms with van der Waals surface area (Å²) in [4.78, 5) is -0.157. The van der Waals surface area contributed by atoms with Crippen molar-refractivity contribution in [1.82, 2.24) is 0 Å². The van der Waals surface area contributed by atoms with Crippen LogP contribution in [0.5, 0.6) is 5.75 Å². The lowest BCUT2D eigenvalue weighted by molar-refractivity contribution is 0.409. The lowest BCUT2D eigenvalue weighted by Crippen LogP contribution is -1.99. The molecule has 3 N–H and O–H groups in total. The largest absolute Gasteiger partial charge is 0.496 e. The van der Waals surface area contributed by atoms with Crippen molar-refractivity contribution >= 4 is 10.1 Å². The summed E-state index contributed by atoms with van der Waals surface area (Å²) < 4.78 is 35.0. The maximum Gasteiger partial charge on any atom is 0.294 e. The van der Waals surface area contributed by atoms with Crippen LogP contribution in [0.4, 0.5) is 0 Å². The van der Waals surface area contributed by atoms with E-state index < -0.39 is 10.1 Å².